The standard InChI is InChI=1S/C21H25N7O5S/c1-12-9-17(29)28(25-12)16-10-13(7-8-23-16)20(30)24-21(2,3)11-33-15-6-4-5-14-18(15)19(22)27-34(31,32)26-14/h4-10,26,29,31-32H,11H2,1-3H3,(H2,22,27)(H,24,30). The topological polar surface area (TPSA) is 180 Å². The van der Waals surface area contributed by atoms with Crippen molar-refractivity contribution in [1.82, 2.24) is 20.1 Å². The predicted octanol–water partition coefficient (Wildman–Crippen LogP) is 2.58. The van der Waals surface area contributed by atoms with Gasteiger partial charge in [-0.2, -0.15) is 9.78 Å². The first-order valence-corrected chi connectivity index (χ1v) is 11.7. The molecule has 13 heteroatoms. The molecule has 4 rings (SSSR count). The van der Waals surface area contributed by atoms with Crippen LogP contribution in [0.5, 0.6) is 11.6 Å². The summed E-state index contributed by atoms with van der Waals surface area (Å²) in [6.45, 7) is 5.39. The lowest BCUT2D eigenvalue weighted by Gasteiger charge is -2.34. The van der Waals surface area contributed by atoms with Crippen LogP contribution < -0.4 is 20.5 Å². The van der Waals surface area contributed by atoms with Crippen molar-refractivity contribution >= 4 is 28.4 Å². The lowest BCUT2D eigenvalue weighted by atomic mass is 10.1. The third-order valence-electron chi connectivity index (χ3n) is 4.83. The van der Waals surface area contributed by atoms with Gasteiger partial charge in [0.25, 0.3) is 5.91 Å². The van der Waals surface area contributed by atoms with E-state index in [1.165, 1.54) is 23.0 Å². The molecule has 12 nitrogen and oxygen atoms in total. The molecule has 0 saturated heterocycles. The number of anilines is 1. The number of ether oxygens (including phenoxy) is 1. The van der Waals surface area contributed by atoms with Gasteiger partial charge in [0.2, 0.25) is 5.88 Å². The van der Waals surface area contributed by atoms with E-state index in [1.807, 2.05) is 0 Å². The van der Waals surface area contributed by atoms with Gasteiger partial charge in [0.15, 0.2) is 11.7 Å². The number of rotatable bonds is 6. The van der Waals surface area contributed by atoms with Crippen LogP contribution in [0.15, 0.2) is 47.0 Å². The Morgan fingerprint density at radius 3 is 2.76 bits per heavy atom. The van der Waals surface area contributed by atoms with Crippen molar-refractivity contribution in [3.05, 3.63) is 59.4 Å². The number of aryl methyl sites for hydroxylation is 1. The van der Waals surface area contributed by atoms with Crippen LogP contribution in [0.3, 0.4) is 0 Å². The van der Waals surface area contributed by atoms with Gasteiger partial charge in [0.1, 0.15) is 12.4 Å². The van der Waals surface area contributed by atoms with Gasteiger partial charge in [0, 0.05) is 17.8 Å². The second kappa shape index (κ2) is 8.52. The summed E-state index contributed by atoms with van der Waals surface area (Å²) in [4.78, 5) is 17.1. The Balaban J connectivity index is 1.47. The number of amides is 1. The number of hydrogen-bond donors (Lipinski definition) is 6. The van der Waals surface area contributed by atoms with Gasteiger partial charge < -0.3 is 20.9 Å². The van der Waals surface area contributed by atoms with Crippen molar-refractivity contribution in [2.24, 2.45) is 10.1 Å². The van der Waals surface area contributed by atoms with E-state index in [-0.39, 0.29) is 24.2 Å². The number of aromatic hydroxyl groups is 1. The maximum absolute atomic E-state index is 12.9. The molecule has 7 N–H and O–H groups in total. The van der Waals surface area contributed by atoms with Gasteiger partial charge in [-0.1, -0.05) is 6.07 Å². The van der Waals surface area contributed by atoms with Crippen LogP contribution >= 0.6 is 11.0 Å². The first kappa shape index (κ1) is 23.4. The summed E-state index contributed by atoms with van der Waals surface area (Å²) in [6, 6.07) is 9.54. The molecular weight excluding hydrogens is 462 g/mol. The summed E-state index contributed by atoms with van der Waals surface area (Å²) >= 11 is 0. The predicted molar refractivity (Wildman–Crippen MR) is 128 cm³/mol. The molecule has 0 atom stereocenters. The molecule has 1 amide bonds. The average Bonchev–Trinajstić information content (AvgIpc) is 3.09. The van der Waals surface area contributed by atoms with E-state index in [2.05, 4.69) is 24.5 Å². The van der Waals surface area contributed by atoms with Crippen molar-refractivity contribution in [3.63, 3.8) is 0 Å². The van der Waals surface area contributed by atoms with Crippen LogP contribution in [0.1, 0.15) is 35.5 Å². The minimum absolute atomic E-state index is 0.0624. The number of aromatic nitrogens is 3. The molecule has 0 bridgehead atoms. The highest BCUT2D eigenvalue weighted by atomic mass is 32.3. The molecule has 3 heterocycles. The maximum Gasteiger partial charge on any atom is 0.252 e. The van der Waals surface area contributed by atoms with Crippen molar-refractivity contribution in [1.29, 1.82) is 0 Å². The van der Waals surface area contributed by atoms with Crippen LogP contribution in [0.2, 0.25) is 0 Å². The zero-order valence-corrected chi connectivity index (χ0v) is 19.5. The molecule has 0 unspecified atom stereocenters. The van der Waals surface area contributed by atoms with Gasteiger partial charge in [-0.3, -0.25) is 18.6 Å². The van der Waals surface area contributed by atoms with E-state index < -0.39 is 16.5 Å². The number of carbonyl (C=O) groups excluding carboxylic acids is 1. The summed E-state index contributed by atoms with van der Waals surface area (Å²) in [5.41, 5.74) is 6.85. The number of nitrogens with one attached hydrogen (secondary N) is 2. The van der Waals surface area contributed by atoms with E-state index in [4.69, 9.17) is 10.5 Å². The third kappa shape index (κ3) is 4.90. The molecule has 1 aliphatic rings. The molecule has 3 aromatic rings. The van der Waals surface area contributed by atoms with Crippen LogP contribution in [0, 0.1) is 6.92 Å². The molecule has 0 fully saturated rings. The number of hydrogen-bond acceptors (Lipinski definition) is 10. The minimum Gasteiger partial charge on any atom is -0.493 e. The molecule has 2 aromatic heterocycles. The first-order chi connectivity index (χ1) is 15.9. The quantitative estimate of drug-likeness (QED) is 0.304. The van der Waals surface area contributed by atoms with E-state index in [0.29, 0.717) is 34.1 Å². The molecule has 1 aliphatic heterocycles. The molecule has 180 valence electrons. The largest absolute Gasteiger partial charge is 0.493 e. The van der Waals surface area contributed by atoms with Crippen molar-refractivity contribution < 1.29 is 23.7 Å². The van der Waals surface area contributed by atoms with E-state index >= 15 is 0 Å². The van der Waals surface area contributed by atoms with Gasteiger partial charge in [0.05, 0.1) is 22.5 Å². The minimum atomic E-state index is -3.40. The fourth-order valence-electron chi connectivity index (χ4n) is 3.36. The number of amidine groups is 1. The Hall–Kier alpha value is -3.81. The fourth-order valence-corrected chi connectivity index (χ4v) is 4.23. The Morgan fingerprint density at radius 1 is 1.29 bits per heavy atom. The van der Waals surface area contributed by atoms with E-state index in [9.17, 15) is 19.0 Å². The van der Waals surface area contributed by atoms with Crippen LogP contribution in [-0.4, -0.2) is 52.9 Å². The Kier molecular flexibility index (Phi) is 5.85. The van der Waals surface area contributed by atoms with Gasteiger partial charge in [-0.05, 0) is 56.0 Å². The van der Waals surface area contributed by atoms with E-state index in [0.717, 1.165) is 0 Å². The number of fused-ring (bicyclic) bond motifs is 1. The maximum atomic E-state index is 12.9. The molecular formula is C21H25N7O5S. The second-order valence-corrected chi connectivity index (χ2v) is 9.79. The summed E-state index contributed by atoms with van der Waals surface area (Å²) in [5, 5.41) is 17.1. The number of nitrogens with zero attached hydrogens (tertiary/aromatic N) is 4. The molecule has 0 radical (unpaired) electrons. The molecule has 0 aliphatic carbocycles. The highest BCUT2D eigenvalue weighted by molar-refractivity contribution is 8.24. The monoisotopic (exact) mass is 487 g/mol. The second-order valence-electron chi connectivity index (χ2n) is 8.36. The van der Waals surface area contributed by atoms with Crippen molar-refractivity contribution in [3.8, 4) is 17.4 Å². The highest BCUT2D eigenvalue weighted by Gasteiger charge is 2.27. The van der Waals surface area contributed by atoms with Crippen LogP contribution in [0.4, 0.5) is 5.69 Å². The lowest BCUT2D eigenvalue weighted by molar-refractivity contribution is 0.0880. The lowest BCUT2D eigenvalue weighted by Crippen LogP contribution is -2.48. The van der Waals surface area contributed by atoms with Crippen LogP contribution in [0.25, 0.3) is 5.82 Å². The van der Waals surface area contributed by atoms with Crippen molar-refractivity contribution in [2.75, 3.05) is 11.3 Å². The summed E-state index contributed by atoms with van der Waals surface area (Å²) in [5.74, 6) is 0.164. The van der Waals surface area contributed by atoms with Crippen LogP contribution in [-0.2, 0) is 0 Å². The molecule has 34 heavy (non-hydrogen) atoms. The van der Waals surface area contributed by atoms with E-state index in [1.54, 1.807) is 45.0 Å². The molecule has 0 saturated carbocycles. The summed E-state index contributed by atoms with van der Waals surface area (Å²) in [6.07, 6.45) is 1.46. The van der Waals surface area contributed by atoms with Gasteiger partial charge in [-0.25, -0.2) is 4.98 Å². The number of nitrogens with two attached hydrogens (primary N) is 1. The zero-order valence-electron chi connectivity index (χ0n) is 18.7. The number of pyridine rings is 1. The van der Waals surface area contributed by atoms with Gasteiger partial charge in [-0.15, -0.1) is 4.40 Å². The highest BCUT2D eigenvalue weighted by Crippen LogP contribution is 2.46. The number of benzene rings is 1. The summed E-state index contributed by atoms with van der Waals surface area (Å²) < 4.78 is 33.0. The SMILES string of the molecule is Cc1cc(O)n(-c2cc(C(=O)NC(C)(C)COc3cccc4c3C(N)=NS(O)(O)N4)ccn2)n1. The number of carbonyl (C=O) groups is 1. The Labute approximate surface area is 197 Å². The third-order valence-corrected chi connectivity index (χ3v) is 5.78. The molecule has 1 aromatic carbocycles. The smallest absolute Gasteiger partial charge is 0.252 e. The average molecular weight is 488 g/mol. The Bertz CT molecular complexity index is 1290. The van der Waals surface area contributed by atoms with Gasteiger partial charge >= 0.3 is 0 Å². The first-order valence-electron chi connectivity index (χ1n) is 10.2. The van der Waals surface area contributed by atoms with Crippen molar-refractivity contribution in [2.45, 2.75) is 26.3 Å². The fraction of sp³-hybridized carbons (Fsp3) is 0.238. The zero-order chi connectivity index (χ0) is 24.7. The summed E-state index contributed by atoms with van der Waals surface area (Å²) in [7, 11) is -3.40. The normalized spacial score (nSPS) is 15.5. The Morgan fingerprint density at radius 2 is 2.06 bits per heavy atom. The molecule has 0 spiro atoms.